The summed E-state index contributed by atoms with van der Waals surface area (Å²) in [4.78, 5) is 24.6. The van der Waals surface area contributed by atoms with Gasteiger partial charge in [-0.1, -0.05) is 0 Å². The molecule has 0 radical (unpaired) electrons. The first-order valence-corrected chi connectivity index (χ1v) is 6.28. The number of nitrogens with one attached hydrogen (secondary N) is 1. The molecule has 1 rings (SSSR count). The molecule has 0 saturated heterocycles. The largest absolute Gasteiger partial charge is 0.355 e. The monoisotopic (exact) mass is 244 g/mol. The molecule has 1 aliphatic carbocycles. The summed E-state index contributed by atoms with van der Waals surface area (Å²) in [5.41, 5.74) is 0.121. The maximum absolute atomic E-state index is 11.8. The molecule has 16 heavy (non-hydrogen) atoms. The summed E-state index contributed by atoms with van der Waals surface area (Å²) in [5.74, 6) is 0.695. The maximum atomic E-state index is 11.8. The molecule has 0 aliphatic heterocycles. The molecule has 2 amide bonds. The van der Waals surface area contributed by atoms with Crippen molar-refractivity contribution in [1.82, 2.24) is 10.2 Å². The van der Waals surface area contributed by atoms with Gasteiger partial charge in [0.25, 0.3) is 0 Å². The van der Waals surface area contributed by atoms with Crippen LogP contribution < -0.4 is 5.32 Å². The SMILES string of the molecule is CCNC(=O)CN(C)C(=O)CC1(CS)CC1. The second-order valence-electron chi connectivity index (χ2n) is 4.54. The van der Waals surface area contributed by atoms with Gasteiger partial charge >= 0.3 is 0 Å². The molecule has 0 bridgehead atoms. The lowest BCUT2D eigenvalue weighted by molar-refractivity contribution is -0.135. The first kappa shape index (κ1) is 13.4. The van der Waals surface area contributed by atoms with Gasteiger partial charge in [-0.2, -0.15) is 12.6 Å². The van der Waals surface area contributed by atoms with Crippen molar-refractivity contribution >= 4 is 24.4 Å². The van der Waals surface area contributed by atoms with Crippen molar-refractivity contribution in [1.29, 1.82) is 0 Å². The van der Waals surface area contributed by atoms with Gasteiger partial charge in [-0.3, -0.25) is 9.59 Å². The van der Waals surface area contributed by atoms with Crippen LogP contribution in [0.4, 0.5) is 0 Å². The Morgan fingerprint density at radius 3 is 2.50 bits per heavy atom. The van der Waals surface area contributed by atoms with Gasteiger partial charge in [0, 0.05) is 20.0 Å². The van der Waals surface area contributed by atoms with E-state index in [0.717, 1.165) is 18.6 Å². The van der Waals surface area contributed by atoms with Crippen molar-refractivity contribution in [2.75, 3.05) is 25.9 Å². The molecule has 0 aromatic carbocycles. The predicted molar refractivity (Wildman–Crippen MR) is 66.5 cm³/mol. The van der Waals surface area contributed by atoms with Gasteiger partial charge in [-0.25, -0.2) is 0 Å². The van der Waals surface area contributed by atoms with E-state index >= 15 is 0 Å². The van der Waals surface area contributed by atoms with Crippen molar-refractivity contribution in [2.45, 2.75) is 26.2 Å². The van der Waals surface area contributed by atoms with Gasteiger partial charge in [-0.05, 0) is 30.9 Å². The van der Waals surface area contributed by atoms with E-state index in [0.29, 0.717) is 13.0 Å². The Labute approximate surface area is 102 Å². The fraction of sp³-hybridized carbons (Fsp3) is 0.818. The van der Waals surface area contributed by atoms with Crippen LogP contribution in [0.1, 0.15) is 26.2 Å². The average Bonchev–Trinajstić information content (AvgIpc) is 2.98. The van der Waals surface area contributed by atoms with E-state index in [1.165, 1.54) is 4.90 Å². The van der Waals surface area contributed by atoms with Crippen LogP contribution >= 0.6 is 12.6 Å². The van der Waals surface area contributed by atoms with Crippen molar-refractivity contribution in [3.05, 3.63) is 0 Å². The zero-order valence-electron chi connectivity index (χ0n) is 9.95. The summed E-state index contributed by atoms with van der Waals surface area (Å²) in [6.07, 6.45) is 2.68. The number of hydrogen-bond donors (Lipinski definition) is 2. The molecule has 1 saturated carbocycles. The van der Waals surface area contributed by atoms with E-state index in [-0.39, 0.29) is 23.8 Å². The van der Waals surface area contributed by atoms with Gasteiger partial charge < -0.3 is 10.2 Å². The highest BCUT2D eigenvalue weighted by Gasteiger charge is 2.43. The lowest BCUT2D eigenvalue weighted by Gasteiger charge is -2.19. The standard InChI is InChI=1S/C11H20N2O2S/c1-3-12-9(14)7-13(2)10(15)6-11(8-16)4-5-11/h16H,3-8H2,1-2H3,(H,12,14). The summed E-state index contributed by atoms with van der Waals surface area (Å²) >= 11 is 4.26. The third-order valence-electron chi connectivity index (χ3n) is 3.00. The maximum Gasteiger partial charge on any atom is 0.239 e. The minimum atomic E-state index is -0.103. The first-order chi connectivity index (χ1) is 7.53. The normalized spacial score (nSPS) is 16.7. The van der Waals surface area contributed by atoms with Crippen LogP contribution in [0.15, 0.2) is 0 Å². The van der Waals surface area contributed by atoms with Crippen LogP contribution in [0.5, 0.6) is 0 Å². The smallest absolute Gasteiger partial charge is 0.239 e. The quantitative estimate of drug-likeness (QED) is 0.675. The molecule has 1 N–H and O–H groups in total. The van der Waals surface area contributed by atoms with Crippen LogP contribution in [0.3, 0.4) is 0 Å². The minimum Gasteiger partial charge on any atom is -0.355 e. The van der Waals surface area contributed by atoms with E-state index in [1.807, 2.05) is 6.92 Å². The van der Waals surface area contributed by atoms with Crippen molar-refractivity contribution in [3.63, 3.8) is 0 Å². The molecule has 1 aliphatic rings. The summed E-state index contributed by atoms with van der Waals surface area (Å²) < 4.78 is 0. The lowest BCUT2D eigenvalue weighted by atomic mass is 10.0. The van der Waals surface area contributed by atoms with E-state index in [4.69, 9.17) is 0 Å². The highest BCUT2D eigenvalue weighted by Crippen LogP contribution is 2.49. The number of thiol groups is 1. The second-order valence-corrected chi connectivity index (χ2v) is 4.85. The molecule has 92 valence electrons. The number of carbonyl (C=O) groups is 2. The molecular weight excluding hydrogens is 224 g/mol. The van der Waals surface area contributed by atoms with Gasteiger partial charge in [0.1, 0.15) is 0 Å². The number of carbonyl (C=O) groups excluding carboxylic acids is 2. The first-order valence-electron chi connectivity index (χ1n) is 5.64. The molecule has 0 aromatic rings. The van der Waals surface area contributed by atoms with Gasteiger partial charge in [0.2, 0.25) is 11.8 Å². The summed E-state index contributed by atoms with van der Waals surface area (Å²) in [6, 6.07) is 0. The van der Waals surface area contributed by atoms with Gasteiger partial charge in [0.15, 0.2) is 0 Å². The third kappa shape index (κ3) is 3.70. The molecule has 0 spiro atoms. The number of nitrogens with zero attached hydrogens (tertiary/aromatic N) is 1. The van der Waals surface area contributed by atoms with E-state index in [9.17, 15) is 9.59 Å². The Morgan fingerprint density at radius 2 is 2.06 bits per heavy atom. The topological polar surface area (TPSA) is 49.4 Å². The second kappa shape index (κ2) is 5.57. The highest BCUT2D eigenvalue weighted by atomic mass is 32.1. The zero-order valence-corrected chi connectivity index (χ0v) is 10.8. The summed E-state index contributed by atoms with van der Waals surface area (Å²) in [5, 5.41) is 2.68. The van der Waals surface area contributed by atoms with Crippen LogP contribution in [0.2, 0.25) is 0 Å². The summed E-state index contributed by atoms with van der Waals surface area (Å²) in [6.45, 7) is 2.61. The van der Waals surface area contributed by atoms with Crippen molar-refractivity contribution in [2.24, 2.45) is 5.41 Å². The molecule has 4 nitrogen and oxygen atoms in total. The fourth-order valence-electron chi connectivity index (χ4n) is 1.58. The third-order valence-corrected chi connectivity index (χ3v) is 3.67. The van der Waals surface area contributed by atoms with Crippen LogP contribution in [0, 0.1) is 5.41 Å². The Kier molecular flexibility index (Phi) is 4.65. The molecule has 1 fully saturated rings. The van der Waals surface area contributed by atoms with E-state index < -0.39 is 0 Å². The van der Waals surface area contributed by atoms with Gasteiger partial charge in [-0.15, -0.1) is 0 Å². The Morgan fingerprint density at radius 1 is 1.44 bits per heavy atom. The summed E-state index contributed by atoms with van der Waals surface area (Å²) in [7, 11) is 1.67. The Balaban J connectivity index is 2.33. The number of likely N-dealkylation sites (N-methyl/N-ethyl adjacent to an activating group) is 2. The van der Waals surface area contributed by atoms with E-state index in [2.05, 4.69) is 17.9 Å². The van der Waals surface area contributed by atoms with Gasteiger partial charge in [0.05, 0.1) is 6.54 Å². The van der Waals surface area contributed by atoms with Crippen LogP contribution in [-0.2, 0) is 9.59 Å². The minimum absolute atomic E-state index is 0.0396. The fourth-order valence-corrected chi connectivity index (χ4v) is 2.01. The number of hydrogen-bond acceptors (Lipinski definition) is 3. The zero-order chi connectivity index (χ0) is 12.2. The molecule has 5 heteroatoms. The highest BCUT2D eigenvalue weighted by molar-refractivity contribution is 7.80. The molecular formula is C11H20N2O2S. The van der Waals surface area contributed by atoms with Crippen molar-refractivity contribution in [3.8, 4) is 0 Å². The van der Waals surface area contributed by atoms with Crippen LogP contribution in [-0.4, -0.2) is 42.6 Å². The molecule has 0 aromatic heterocycles. The molecule has 0 heterocycles. The lowest BCUT2D eigenvalue weighted by Crippen LogP contribution is -2.39. The van der Waals surface area contributed by atoms with Crippen LogP contribution in [0.25, 0.3) is 0 Å². The Bertz CT molecular complexity index is 277. The molecule has 0 atom stereocenters. The van der Waals surface area contributed by atoms with Crippen molar-refractivity contribution < 1.29 is 9.59 Å². The van der Waals surface area contributed by atoms with E-state index in [1.54, 1.807) is 7.05 Å². The average molecular weight is 244 g/mol. The predicted octanol–water partition coefficient (Wildman–Crippen LogP) is 0.681. The Hall–Kier alpha value is -0.710. The number of rotatable bonds is 6. The number of amides is 2. The molecule has 0 unspecified atom stereocenters.